The minimum Gasteiger partial charge on any atom is -0.150 e. The van der Waals surface area contributed by atoms with Crippen LogP contribution in [-0.4, -0.2) is 12.5 Å². The minimum absolute atomic E-state index is 0.633. The Balaban J connectivity index is 2.18. The maximum Gasteiger partial charge on any atom is 0.280 e. The molecular weight excluding hydrogens is 95.0 g/mol. The van der Waals surface area contributed by atoms with E-state index in [0.29, 0.717) is 8.58 Å². The highest BCUT2D eigenvalue weighted by Crippen LogP contribution is 2.26. The largest absolute Gasteiger partial charge is 0.280 e. The van der Waals surface area contributed by atoms with Crippen LogP contribution in [-0.2, 0) is 4.74 Å². The van der Waals surface area contributed by atoms with Gasteiger partial charge in [0, 0.05) is 0 Å². The van der Waals surface area contributed by atoms with Crippen molar-refractivity contribution in [2.24, 2.45) is 0 Å². The molecule has 2 heteroatoms. The van der Waals surface area contributed by atoms with Gasteiger partial charge in [-0.05, 0) is 0 Å². The summed E-state index contributed by atoms with van der Waals surface area (Å²) in [6, 6.07) is 0. The molecule has 0 amide bonds. The molecule has 0 aliphatic carbocycles. The monoisotopic (exact) mass is 104 g/mol. The van der Waals surface area contributed by atoms with Crippen molar-refractivity contribution in [3.05, 3.63) is 6.10 Å². The lowest BCUT2D eigenvalue weighted by atomic mass is 10.5. The van der Waals surface area contributed by atoms with Gasteiger partial charge in [-0.1, -0.05) is 0 Å². The molecule has 0 aromatic carbocycles. The van der Waals surface area contributed by atoms with Gasteiger partial charge in [-0.15, -0.1) is 0 Å². The van der Waals surface area contributed by atoms with Gasteiger partial charge >= 0.3 is 0 Å². The summed E-state index contributed by atoms with van der Waals surface area (Å²) < 4.78 is 5.11. The van der Waals surface area contributed by atoms with E-state index in [-0.39, 0.29) is 0 Å². The number of ether oxygens (including phenoxy) is 1. The highest BCUT2D eigenvalue weighted by atomic mass is 31.1. The third-order valence-corrected chi connectivity index (χ3v) is 2.15. The zero-order chi connectivity index (χ0) is 4.41. The van der Waals surface area contributed by atoms with Crippen LogP contribution >= 0.6 is 8.58 Å². The molecule has 1 aliphatic heterocycles. The van der Waals surface area contributed by atoms with Crippen LogP contribution in [0.3, 0.4) is 0 Å². The molecule has 0 radical (unpaired) electrons. The second-order valence-corrected chi connectivity index (χ2v) is 2.82. The van der Waals surface area contributed by atoms with Crippen molar-refractivity contribution in [1.29, 1.82) is 0 Å². The summed E-state index contributed by atoms with van der Waals surface area (Å²) in [5.41, 5.74) is 0. The normalized spacial score (nSPS) is 26.5. The first kappa shape index (κ1) is 4.42. The van der Waals surface area contributed by atoms with Crippen molar-refractivity contribution in [1.82, 2.24) is 0 Å². The summed E-state index contributed by atoms with van der Waals surface area (Å²) in [6.07, 6.45) is 3.54. The molecule has 34 valence electrons. The smallest absolute Gasteiger partial charge is 0.150 e. The first-order valence-electron chi connectivity index (χ1n) is 2.16. The third-order valence-electron chi connectivity index (χ3n) is 0.879. The molecule has 1 aliphatic rings. The van der Waals surface area contributed by atoms with Crippen LogP contribution in [0, 0.1) is 6.10 Å². The fourth-order valence-corrected chi connectivity index (χ4v) is 1.57. The Morgan fingerprint density at radius 3 is 2.83 bits per heavy atom. The second-order valence-electron chi connectivity index (χ2n) is 1.51. The lowest BCUT2D eigenvalue weighted by Gasteiger charge is -1.72. The Morgan fingerprint density at radius 2 is 2.67 bits per heavy atom. The van der Waals surface area contributed by atoms with E-state index in [2.05, 4.69) is 6.92 Å². The fraction of sp³-hybridized carbons (Fsp3) is 0.750. The Hall–Kier alpha value is 0.260. The zero-order valence-electron chi connectivity index (χ0n) is 3.90. The molecule has 0 N–H and O–H groups in total. The highest BCUT2D eigenvalue weighted by Gasteiger charge is 2.26. The van der Waals surface area contributed by atoms with Crippen LogP contribution in [0.4, 0.5) is 0 Å². The minimum atomic E-state index is 0.633. The van der Waals surface area contributed by atoms with Crippen LogP contribution in [0.25, 0.3) is 0 Å². The lowest BCUT2D eigenvalue weighted by molar-refractivity contribution is 0.225. The summed E-state index contributed by atoms with van der Waals surface area (Å²) in [4.78, 5) is 0. The molecule has 1 atom stereocenters. The van der Waals surface area contributed by atoms with E-state index in [9.17, 15) is 0 Å². The first-order valence-corrected chi connectivity index (χ1v) is 3.80. The summed E-state index contributed by atoms with van der Waals surface area (Å²) >= 11 is 0. The Bertz CT molecular complexity index is 40.8. The van der Waals surface area contributed by atoms with Gasteiger partial charge in [-0.2, -0.15) is 4.74 Å². The predicted octanol–water partition coefficient (Wildman–Crippen LogP) is 0.937. The van der Waals surface area contributed by atoms with Crippen molar-refractivity contribution in [3.8, 4) is 0 Å². The molecule has 0 bridgehead atoms. The maximum absolute atomic E-state index is 5.11. The van der Waals surface area contributed by atoms with Crippen molar-refractivity contribution in [2.45, 2.75) is 6.92 Å². The van der Waals surface area contributed by atoms with Gasteiger partial charge in [0.15, 0.2) is 0 Å². The molecule has 1 unspecified atom stereocenters. The van der Waals surface area contributed by atoms with Crippen molar-refractivity contribution in [3.63, 3.8) is 0 Å². The Morgan fingerprint density at radius 1 is 1.83 bits per heavy atom. The summed E-state index contributed by atoms with van der Waals surface area (Å²) in [5.74, 6) is 0. The second kappa shape index (κ2) is 1.81. The fourth-order valence-electron chi connectivity index (χ4n) is 0.522. The molecule has 6 heavy (non-hydrogen) atoms. The van der Waals surface area contributed by atoms with Crippen LogP contribution in [0.15, 0.2) is 0 Å². The van der Waals surface area contributed by atoms with Crippen LogP contribution < -0.4 is 0 Å². The van der Waals surface area contributed by atoms with E-state index in [1.54, 1.807) is 0 Å². The van der Waals surface area contributed by atoms with Gasteiger partial charge < -0.3 is 0 Å². The molecular formula is C4H9OP+2. The molecule has 1 rings (SSSR count). The van der Waals surface area contributed by atoms with Crippen LogP contribution in [0.2, 0.25) is 0 Å². The van der Waals surface area contributed by atoms with Crippen LogP contribution in [0.5, 0.6) is 0 Å². The highest BCUT2D eigenvalue weighted by molar-refractivity contribution is 7.38. The van der Waals surface area contributed by atoms with Gasteiger partial charge in [0.2, 0.25) is 12.5 Å². The lowest BCUT2D eigenvalue weighted by Crippen LogP contribution is -1.86. The molecule has 0 aromatic heterocycles. The average Bonchev–Trinajstić information content (AvgIpc) is 1.86. The average molecular weight is 104 g/mol. The van der Waals surface area contributed by atoms with Gasteiger partial charge in [-0.3, -0.25) is 0 Å². The molecule has 1 saturated heterocycles. The molecule has 0 spiro atoms. The number of hydrogen-bond acceptors (Lipinski definition) is 1. The van der Waals surface area contributed by atoms with E-state index in [1.165, 1.54) is 12.3 Å². The van der Waals surface area contributed by atoms with Gasteiger partial charge in [0.25, 0.3) is 6.10 Å². The maximum atomic E-state index is 5.11. The number of rotatable bonds is 0. The molecule has 0 saturated carbocycles. The van der Waals surface area contributed by atoms with Gasteiger partial charge in [-0.25, -0.2) is 0 Å². The third kappa shape index (κ3) is 0.859. The topological polar surface area (TPSA) is 9.23 Å². The molecule has 0 aromatic rings. The summed E-state index contributed by atoms with van der Waals surface area (Å²) in [5, 5.41) is 0. The van der Waals surface area contributed by atoms with Gasteiger partial charge in [0.05, 0.1) is 8.58 Å². The summed E-state index contributed by atoms with van der Waals surface area (Å²) in [6.45, 7) is 2.06. The zero-order valence-corrected chi connectivity index (χ0v) is 5.05. The quantitative estimate of drug-likeness (QED) is 0.328. The van der Waals surface area contributed by atoms with Crippen molar-refractivity contribution < 1.29 is 4.74 Å². The van der Waals surface area contributed by atoms with E-state index < -0.39 is 0 Å². The SMILES string of the molecule is C[C+]1C[PH2+]CO1. The summed E-state index contributed by atoms with van der Waals surface area (Å²) in [7, 11) is 0.633. The Labute approximate surface area is 39.9 Å². The predicted molar refractivity (Wildman–Crippen MR) is 29.4 cm³/mol. The molecule has 1 nitrogen and oxygen atoms in total. The molecule has 1 fully saturated rings. The number of hydrogen-bond donors (Lipinski definition) is 0. The van der Waals surface area contributed by atoms with Crippen LogP contribution in [0.1, 0.15) is 6.92 Å². The van der Waals surface area contributed by atoms with Crippen molar-refractivity contribution in [2.75, 3.05) is 12.5 Å². The Kier molecular flexibility index (Phi) is 1.33. The first-order chi connectivity index (χ1) is 2.89. The standard InChI is InChI=1S/C4H8OP/c1-4-2-6-3-5-4/h6H,2-3H2,1H3/q+1/p+1. The van der Waals surface area contributed by atoms with E-state index in [0.717, 1.165) is 6.35 Å². The van der Waals surface area contributed by atoms with Gasteiger partial charge in [0.1, 0.15) is 6.92 Å². The molecule has 1 heterocycles. The van der Waals surface area contributed by atoms with E-state index in [1.807, 2.05) is 0 Å². The van der Waals surface area contributed by atoms with E-state index in [4.69, 9.17) is 4.74 Å². The van der Waals surface area contributed by atoms with E-state index >= 15 is 0 Å². The van der Waals surface area contributed by atoms with Crippen molar-refractivity contribution >= 4 is 8.58 Å².